The fourth-order valence-corrected chi connectivity index (χ4v) is 0.600. The smallest absolute Gasteiger partial charge is 0.0487 e. The zero-order chi connectivity index (χ0) is 12.5. The van der Waals surface area contributed by atoms with Crippen molar-refractivity contribution in [2.45, 2.75) is 34.1 Å². The molecule has 0 unspecified atom stereocenters. The molecule has 0 fully saturated rings. The second kappa shape index (κ2) is 19.1. The van der Waals surface area contributed by atoms with Crippen LogP contribution in [0, 0.1) is 0 Å². The van der Waals surface area contributed by atoms with Crippen molar-refractivity contribution < 1.29 is 0 Å². The molecule has 2 rings (SSSR count). The summed E-state index contributed by atoms with van der Waals surface area (Å²) < 4.78 is 0. The monoisotopic (exact) mass is 220 g/mol. The van der Waals surface area contributed by atoms with Gasteiger partial charge in [0.15, 0.2) is 0 Å². The lowest BCUT2D eigenvalue weighted by Gasteiger charge is -1.69. The second-order valence-electron chi connectivity index (χ2n) is 2.63. The molecule has 0 aliphatic carbocycles. The van der Waals surface area contributed by atoms with Gasteiger partial charge < -0.3 is 0 Å². The van der Waals surface area contributed by atoms with Crippen LogP contribution < -0.4 is 0 Å². The lowest BCUT2D eigenvalue weighted by molar-refractivity contribution is 1.09. The molecular weight excluding hydrogens is 196 g/mol. The number of hydrogen-bond donors (Lipinski definition) is 1. The van der Waals surface area contributed by atoms with Crippen molar-refractivity contribution in [3.8, 4) is 0 Å². The molecule has 2 nitrogen and oxygen atoms in total. The van der Waals surface area contributed by atoms with Crippen LogP contribution in [0.4, 0.5) is 0 Å². The van der Waals surface area contributed by atoms with E-state index in [1.165, 1.54) is 6.42 Å². The summed E-state index contributed by atoms with van der Waals surface area (Å²) in [5, 5.41) is 6.21. The van der Waals surface area contributed by atoms with E-state index in [9.17, 15) is 0 Å². The Labute approximate surface area is 99.7 Å². The Morgan fingerprint density at radius 3 is 1.31 bits per heavy atom. The molecule has 1 aromatic heterocycles. The van der Waals surface area contributed by atoms with Crippen LogP contribution in [0.25, 0.3) is 0 Å². The molecule has 1 aromatic carbocycles. The van der Waals surface area contributed by atoms with Crippen LogP contribution in [0.2, 0.25) is 0 Å². The molecule has 0 radical (unpaired) electrons. The maximum absolute atomic E-state index is 3.60. The molecule has 2 aromatic rings. The Kier molecular flexibility index (Phi) is 20.1. The van der Waals surface area contributed by atoms with Crippen LogP contribution in [0.15, 0.2) is 54.9 Å². The molecule has 1 N–H and O–H groups in total. The van der Waals surface area contributed by atoms with Crippen molar-refractivity contribution in [2.24, 2.45) is 0 Å². The molecule has 16 heavy (non-hydrogen) atoms. The van der Waals surface area contributed by atoms with Gasteiger partial charge in [0, 0.05) is 12.4 Å². The fourth-order valence-electron chi connectivity index (χ4n) is 0.600. The highest BCUT2D eigenvalue weighted by molar-refractivity contribution is 4.99. The summed E-state index contributed by atoms with van der Waals surface area (Å²) in [7, 11) is 0. The van der Waals surface area contributed by atoms with Gasteiger partial charge in [-0.3, -0.25) is 5.10 Å². The number of benzene rings is 1. The predicted molar refractivity (Wildman–Crippen MR) is 72.3 cm³/mol. The van der Waals surface area contributed by atoms with Crippen LogP contribution in [-0.4, -0.2) is 10.2 Å². The van der Waals surface area contributed by atoms with E-state index in [2.05, 4.69) is 24.0 Å². The average molecular weight is 220 g/mol. The zero-order valence-electron chi connectivity index (χ0n) is 10.9. The largest absolute Gasteiger partial charge is 0.286 e. The fraction of sp³-hybridized carbons (Fsp3) is 0.357. The minimum atomic E-state index is 1.25. The topological polar surface area (TPSA) is 28.7 Å². The van der Waals surface area contributed by atoms with Crippen molar-refractivity contribution in [2.75, 3.05) is 0 Å². The third-order valence-corrected chi connectivity index (χ3v) is 1.07. The second-order valence-corrected chi connectivity index (χ2v) is 2.63. The first-order valence-corrected chi connectivity index (χ1v) is 5.85. The maximum atomic E-state index is 3.60. The van der Waals surface area contributed by atoms with E-state index in [1.807, 2.05) is 56.3 Å². The molecule has 2 heteroatoms. The van der Waals surface area contributed by atoms with Crippen molar-refractivity contribution in [1.82, 2.24) is 10.2 Å². The van der Waals surface area contributed by atoms with E-state index < -0.39 is 0 Å². The first-order chi connectivity index (χ1) is 7.91. The highest BCUT2D eigenvalue weighted by Crippen LogP contribution is 1.79. The summed E-state index contributed by atoms with van der Waals surface area (Å²) in [6.07, 6.45) is 4.71. The highest BCUT2D eigenvalue weighted by atomic mass is 15.1. The number of aromatic amines is 1. The van der Waals surface area contributed by atoms with Gasteiger partial charge in [-0.1, -0.05) is 70.5 Å². The molecule has 0 aliphatic heterocycles. The van der Waals surface area contributed by atoms with Gasteiger partial charge in [0.05, 0.1) is 0 Å². The molecule has 0 saturated heterocycles. The molecule has 0 atom stereocenters. The SMILES string of the molecule is CC.CCC.c1ccccc1.c1cn[nH]c1. The standard InChI is InChI=1S/C6H6.C3H4N2.C3H8.C2H6/c1-2-4-6-5-3-1;1-2-4-5-3-1;1-3-2;1-2/h1-6H;1-3H,(H,4,5);3H2,1-2H3;1-2H3. The minimum Gasteiger partial charge on any atom is -0.286 e. The lowest BCUT2D eigenvalue weighted by Crippen LogP contribution is -1.53. The summed E-state index contributed by atoms with van der Waals surface area (Å²) in [6, 6.07) is 13.8. The average Bonchev–Trinajstić information content (AvgIpc) is 2.94. The van der Waals surface area contributed by atoms with Crippen LogP contribution in [0.3, 0.4) is 0 Å². The molecular formula is C14H24N2. The van der Waals surface area contributed by atoms with Gasteiger partial charge in [-0.2, -0.15) is 5.10 Å². The van der Waals surface area contributed by atoms with Crippen molar-refractivity contribution >= 4 is 0 Å². The van der Waals surface area contributed by atoms with E-state index >= 15 is 0 Å². The van der Waals surface area contributed by atoms with Crippen LogP contribution in [0.5, 0.6) is 0 Å². The zero-order valence-corrected chi connectivity index (χ0v) is 10.9. The molecule has 0 bridgehead atoms. The summed E-state index contributed by atoms with van der Waals surface area (Å²) in [5.41, 5.74) is 0. The summed E-state index contributed by atoms with van der Waals surface area (Å²) in [5.74, 6) is 0. The predicted octanol–water partition coefficient (Wildman–Crippen LogP) is 4.54. The third-order valence-electron chi connectivity index (χ3n) is 1.07. The van der Waals surface area contributed by atoms with Gasteiger partial charge in [-0.25, -0.2) is 0 Å². The number of hydrogen-bond acceptors (Lipinski definition) is 1. The molecule has 0 aliphatic rings. The molecule has 90 valence electrons. The molecule has 0 spiro atoms. The van der Waals surface area contributed by atoms with E-state index in [0.29, 0.717) is 0 Å². The van der Waals surface area contributed by atoms with Crippen LogP contribution in [0.1, 0.15) is 34.1 Å². The Balaban J connectivity index is 0. The normalized spacial score (nSPS) is 7.00. The van der Waals surface area contributed by atoms with E-state index in [4.69, 9.17) is 0 Å². The van der Waals surface area contributed by atoms with Gasteiger partial charge >= 0.3 is 0 Å². The van der Waals surface area contributed by atoms with E-state index in [-0.39, 0.29) is 0 Å². The van der Waals surface area contributed by atoms with Crippen LogP contribution in [-0.2, 0) is 0 Å². The van der Waals surface area contributed by atoms with Gasteiger partial charge in [-0.15, -0.1) is 0 Å². The van der Waals surface area contributed by atoms with Gasteiger partial charge in [0.1, 0.15) is 0 Å². The van der Waals surface area contributed by atoms with Crippen molar-refractivity contribution in [3.63, 3.8) is 0 Å². The first kappa shape index (κ1) is 16.8. The number of nitrogens with zero attached hydrogens (tertiary/aromatic N) is 1. The molecule has 0 amide bonds. The highest BCUT2D eigenvalue weighted by Gasteiger charge is 1.58. The number of rotatable bonds is 0. The van der Waals surface area contributed by atoms with E-state index in [1.54, 1.807) is 12.4 Å². The van der Waals surface area contributed by atoms with Gasteiger partial charge in [0.2, 0.25) is 0 Å². The van der Waals surface area contributed by atoms with Crippen molar-refractivity contribution in [3.05, 3.63) is 54.9 Å². The Morgan fingerprint density at radius 1 is 0.812 bits per heavy atom. The summed E-state index contributed by atoms with van der Waals surface area (Å²) in [4.78, 5) is 0. The van der Waals surface area contributed by atoms with Crippen LogP contribution >= 0.6 is 0 Å². The lowest BCUT2D eigenvalue weighted by atomic mass is 10.4. The third kappa shape index (κ3) is 18.3. The Morgan fingerprint density at radius 2 is 1.19 bits per heavy atom. The maximum Gasteiger partial charge on any atom is 0.0487 e. The Bertz CT molecular complexity index is 207. The molecule has 1 heterocycles. The minimum absolute atomic E-state index is 1.25. The number of nitrogens with one attached hydrogen (secondary N) is 1. The van der Waals surface area contributed by atoms with Crippen molar-refractivity contribution in [1.29, 1.82) is 0 Å². The van der Waals surface area contributed by atoms with Gasteiger partial charge in [-0.05, 0) is 6.07 Å². The molecule has 0 saturated carbocycles. The number of aromatic nitrogens is 2. The Hall–Kier alpha value is -1.57. The van der Waals surface area contributed by atoms with E-state index in [0.717, 1.165) is 0 Å². The van der Waals surface area contributed by atoms with Gasteiger partial charge in [0.25, 0.3) is 0 Å². The first-order valence-electron chi connectivity index (χ1n) is 5.85. The summed E-state index contributed by atoms with van der Waals surface area (Å²) >= 11 is 0. The number of H-pyrrole nitrogens is 1. The summed E-state index contributed by atoms with van der Waals surface area (Å²) in [6.45, 7) is 8.25. The quantitative estimate of drug-likeness (QED) is 0.693.